The Kier molecular flexibility index (Phi) is 3.90. The highest BCUT2D eigenvalue weighted by atomic mass is 32.1. The quantitative estimate of drug-likeness (QED) is 0.427. The van der Waals surface area contributed by atoms with E-state index in [1.807, 2.05) is 0 Å². The van der Waals surface area contributed by atoms with Crippen LogP contribution < -0.4 is 11.1 Å². The maximum Gasteiger partial charge on any atom is 0.228 e. The van der Waals surface area contributed by atoms with Gasteiger partial charge in [0, 0.05) is 0 Å². The van der Waals surface area contributed by atoms with E-state index in [1.165, 1.54) is 0 Å². The van der Waals surface area contributed by atoms with Gasteiger partial charge in [0.15, 0.2) is 5.11 Å². The van der Waals surface area contributed by atoms with E-state index < -0.39 is 0 Å². The fourth-order valence-electron chi connectivity index (χ4n) is 0.301. The molecule has 4 N–H and O–H groups in total. The van der Waals surface area contributed by atoms with Crippen LogP contribution in [0.1, 0.15) is 6.42 Å². The van der Waals surface area contributed by atoms with E-state index in [2.05, 4.69) is 17.5 Å². The average molecular weight is 148 g/mol. The monoisotopic (exact) mass is 148 g/mol. The number of hydrogen-bond acceptors (Lipinski definition) is 3. The second-order valence-corrected chi connectivity index (χ2v) is 1.83. The van der Waals surface area contributed by atoms with Gasteiger partial charge in [0.05, 0.1) is 13.0 Å². The zero-order valence-corrected chi connectivity index (χ0v) is 5.57. The predicted octanol–water partition coefficient (Wildman–Crippen LogP) is -1.27. The highest BCUT2D eigenvalue weighted by molar-refractivity contribution is 7.80. The van der Waals surface area contributed by atoms with Gasteiger partial charge in [-0.3, -0.25) is 4.79 Å². The molecule has 0 saturated heterocycles. The van der Waals surface area contributed by atoms with Crippen molar-refractivity contribution in [3.8, 4) is 0 Å². The maximum atomic E-state index is 10.4. The summed E-state index contributed by atoms with van der Waals surface area (Å²) in [4.78, 5) is 10.4. The van der Waals surface area contributed by atoms with Crippen LogP contribution in [0.2, 0.25) is 0 Å². The Morgan fingerprint density at radius 1 is 1.78 bits per heavy atom. The molecule has 0 aliphatic carbocycles. The SMILES string of the molecule is NC(=S)NC(=O)CCO. The molecule has 5 heteroatoms. The van der Waals surface area contributed by atoms with Crippen LogP contribution >= 0.6 is 12.2 Å². The molecule has 0 aromatic carbocycles. The largest absolute Gasteiger partial charge is 0.396 e. The molecule has 0 unspecified atom stereocenters. The number of hydrogen-bond donors (Lipinski definition) is 3. The first-order chi connectivity index (χ1) is 4.16. The van der Waals surface area contributed by atoms with Crippen molar-refractivity contribution in [2.24, 2.45) is 5.73 Å². The molecule has 0 aliphatic rings. The highest BCUT2D eigenvalue weighted by Crippen LogP contribution is 1.74. The fourth-order valence-corrected chi connectivity index (χ4v) is 0.415. The van der Waals surface area contributed by atoms with E-state index >= 15 is 0 Å². The van der Waals surface area contributed by atoms with Gasteiger partial charge in [0.25, 0.3) is 0 Å². The van der Waals surface area contributed by atoms with Gasteiger partial charge in [0.1, 0.15) is 0 Å². The number of rotatable bonds is 2. The molecule has 0 heterocycles. The molecule has 0 rings (SSSR count). The minimum absolute atomic E-state index is 0.0390. The molecule has 0 aromatic heterocycles. The summed E-state index contributed by atoms with van der Waals surface area (Å²) in [6.45, 7) is -0.186. The molecule has 0 bridgehead atoms. The van der Waals surface area contributed by atoms with Crippen LogP contribution in [-0.4, -0.2) is 22.7 Å². The summed E-state index contributed by atoms with van der Waals surface area (Å²) in [5.41, 5.74) is 4.94. The molecular formula is C4H8N2O2S. The lowest BCUT2D eigenvalue weighted by Crippen LogP contribution is -2.34. The Hall–Kier alpha value is -0.680. The van der Waals surface area contributed by atoms with Gasteiger partial charge < -0.3 is 16.2 Å². The van der Waals surface area contributed by atoms with Crippen LogP contribution in [0.5, 0.6) is 0 Å². The molecule has 1 amide bonds. The molecule has 0 aliphatic heterocycles. The molecule has 0 atom stereocenters. The summed E-state index contributed by atoms with van der Waals surface area (Å²) in [7, 11) is 0. The molecular weight excluding hydrogens is 140 g/mol. The molecule has 0 radical (unpaired) electrons. The molecule has 0 saturated carbocycles. The van der Waals surface area contributed by atoms with Gasteiger partial charge in [0.2, 0.25) is 5.91 Å². The van der Waals surface area contributed by atoms with Crippen LogP contribution in [-0.2, 0) is 4.79 Å². The van der Waals surface area contributed by atoms with Gasteiger partial charge in [-0.2, -0.15) is 0 Å². The summed E-state index contributed by atoms with van der Waals surface area (Å²) in [5, 5.41) is 10.3. The summed E-state index contributed by atoms with van der Waals surface area (Å²) in [6, 6.07) is 0. The second-order valence-electron chi connectivity index (χ2n) is 1.39. The van der Waals surface area contributed by atoms with Crippen LogP contribution in [0.3, 0.4) is 0 Å². The van der Waals surface area contributed by atoms with Crippen LogP contribution in [0.15, 0.2) is 0 Å². The number of nitrogens with one attached hydrogen (secondary N) is 1. The topological polar surface area (TPSA) is 75.3 Å². The van der Waals surface area contributed by atoms with E-state index in [9.17, 15) is 4.79 Å². The Balaban J connectivity index is 3.39. The smallest absolute Gasteiger partial charge is 0.228 e. The van der Waals surface area contributed by atoms with Crippen molar-refractivity contribution in [3.05, 3.63) is 0 Å². The van der Waals surface area contributed by atoms with Crippen molar-refractivity contribution in [2.75, 3.05) is 6.61 Å². The van der Waals surface area contributed by atoms with Gasteiger partial charge in [-0.1, -0.05) is 0 Å². The third-order valence-corrected chi connectivity index (χ3v) is 0.704. The molecule has 9 heavy (non-hydrogen) atoms. The second kappa shape index (κ2) is 4.22. The van der Waals surface area contributed by atoms with Crippen molar-refractivity contribution in [1.82, 2.24) is 5.32 Å². The van der Waals surface area contributed by atoms with Crippen molar-refractivity contribution in [2.45, 2.75) is 6.42 Å². The summed E-state index contributed by atoms with van der Waals surface area (Å²) >= 11 is 4.35. The van der Waals surface area contributed by atoms with Gasteiger partial charge in [-0.15, -0.1) is 0 Å². The summed E-state index contributed by atoms with van der Waals surface area (Å²) in [5.74, 6) is -0.356. The number of aliphatic hydroxyl groups is 1. The first kappa shape index (κ1) is 8.32. The Morgan fingerprint density at radius 2 is 2.33 bits per heavy atom. The lowest BCUT2D eigenvalue weighted by atomic mass is 10.4. The lowest BCUT2D eigenvalue weighted by Gasteiger charge is -1.97. The van der Waals surface area contributed by atoms with Crippen LogP contribution in [0, 0.1) is 0 Å². The Morgan fingerprint density at radius 3 is 2.67 bits per heavy atom. The molecule has 0 fully saturated rings. The summed E-state index contributed by atoms with van der Waals surface area (Å²) < 4.78 is 0. The first-order valence-electron chi connectivity index (χ1n) is 2.37. The van der Waals surface area contributed by atoms with E-state index in [0.29, 0.717) is 0 Å². The van der Waals surface area contributed by atoms with Crippen LogP contribution in [0.4, 0.5) is 0 Å². The number of aliphatic hydroxyl groups excluding tert-OH is 1. The third kappa shape index (κ3) is 5.19. The van der Waals surface area contributed by atoms with E-state index in [1.54, 1.807) is 0 Å². The van der Waals surface area contributed by atoms with E-state index in [4.69, 9.17) is 10.8 Å². The van der Waals surface area contributed by atoms with E-state index in [0.717, 1.165) is 0 Å². The Bertz CT molecular complexity index is 126. The maximum absolute atomic E-state index is 10.4. The predicted molar refractivity (Wildman–Crippen MR) is 36.6 cm³/mol. The fraction of sp³-hybridized carbons (Fsp3) is 0.500. The van der Waals surface area contributed by atoms with E-state index in [-0.39, 0.29) is 24.0 Å². The van der Waals surface area contributed by atoms with Gasteiger partial charge in [-0.25, -0.2) is 0 Å². The summed E-state index contributed by atoms with van der Waals surface area (Å²) in [6.07, 6.45) is 0.0390. The van der Waals surface area contributed by atoms with Gasteiger partial charge >= 0.3 is 0 Å². The van der Waals surface area contributed by atoms with Crippen molar-refractivity contribution < 1.29 is 9.90 Å². The Labute approximate surface area is 58.0 Å². The third-order valence-electron chi connectivity index (χ3n) is 0.601. The molecule has 4 nitrogen and oxygen atoms in total. The van der Waals surface area contributed by atoms with Crippen molar-refractivity contribution in [3.63, 3.8) is 0 Å². The zero-order valence-electron chi connectivity index (χ0n) is 4.76. The molecule has 0 aromatic rings. The number of nitrogens with two attached hydrogens (primary N) is 1. The van der Waals surface area contributed by atoms with Crippen molar-refractivity contribution >= 4 is 23.2 Å². The average Bonchev–Trinajstić information content (AvgIpc) is 1.63. The zero-order chi connectivity index (χ0) is 7.28. The van der Waals surface area contributed by atoms with Crippen LogP contribution in [0.25, 0.3) is 0 Å². The lowest BCUT2D eigenvalue weighted by molar-refractivity contribution is -0.120. The minimum atomic E-state index is -0.356. The number of thiocarbonyl (C=S) groups is 1. The number of amides is 1. The normalized spacial score (nSPS) is 8.56. The number of carbonyl (C=O) groups is 1. The minimum Gasteiger partial charge on any atom is -0.396 e. The van der Waals surface area contributed by atoms with Crippen molar-refractivity contribution in [1.29, 1.82) is 0 Å². The molecule has 0 spiro atoms. The standard InChI is InChI=1S/C4H8N2O2S/c5-4(9)6-3(8)1-2-7/h7H,1-2H2,(H3,5,6,8,9). The number of carbonyl (C=O) groups excluding carboxylic acids is 1. The first-order valence-corrected chi connectivity index (χ1v) is 2.77. The molecule has 52 valence electrons. The van der Waals surface area contributed by atoms with Gasteiger partial charge in [-0.05, 0) is 12.2 Å². The highest BCUT2D eigenvalue weighted by Gasteiger charge is 1.97.